The Hall–Kier alpha value is -1.49. The van der Waals surface area contributed by atoms with E-state index in [4.69, 9.17) is 5.26 Å². The molecule has 0 bridgehead atoms. The van der Waals surface area contributed by atoms with Crippen molar-refractivity contribution in [1.29, 1.82) is 5.26 Å². The second kappa shape index (κ2) is 4.35. The van der Waals surface area contributed by atoms with E-state index >= 15 is 0 Å². The van der Waals surface area contributed by atoms with Gasteiger partial charge in [0.05, 0.1) is 12.0 Å². The highest BCUT2D eigenvalue weighted by Crippen LogP contribution is 2.29. The van der Waals surface area contributed by atoms with E-state index in [0.717, 1.165) is 13.1 Å². The molecule has 0 N–H and O–H groups in total. The summed E-state index contributed by atoms with van der Waals surface area (Å²) in [5, 5.41) is 8.99. The molecule has 2 rings (SSSR count). The lowest BCUT2D eigenvalue weighted by atomic mass is 10.00. The van der Waals surface area contributed by atoms with Crippen LogP contribution in [0.25, 0.3) is 0 Å². The van der Waals surface area contributed by atoms with Crippen molar-refractivity contribution in [3.63, 3.8) is 0 Å². The summed E-state index contributed by atoms with van der Waals surface area (Å²) in [6, 6.07) is 10.6. The minimum absolute atomic E-state index is 0.0122. The summed E-state index contributed by atoms with van der Waals surface area (Å²) in [5.74, 6) is -0.0122. The van der Waals surface area contributed by atoms with Crippen molar-refractivity contribution < 1.29 is 0 Å². The maximum atomic E-state index is 8.99. The van der Waals surface area contributed by atoms with Crippen LogP contribution in [0, 0.1) is 11.3 Å². The number of nitriles is 1. The molecule has 0 aliphatic carbocycles. The van der Waals surface area contributed by atoms with Gasteiger partial charge in [0.1, 0.15) is 0 Å². The summed E-state index contributed by atoms with van der Waals surface area (Å²) < 4.78 is 0. The Morgan fingerprint density at radius 3 is 2.60 bits per heavy atom. The van der Waals surface area contributed by atoms with Gasteiger partial charge in [-0.3, -0.25) is 0 Å². The predicted molar refractivity (Wildman–Crippen MR) is 61.9 cm³/mol. The average Bonchev–Trinajstić information content (AvgIpc) is 2.81. The zero-order valence-electron chi connectivity index (χ0n) is 9.11. The molecule has 1 unspecified atom stereocenters. The van der Waals surface area contributed by atoms with E-state index < -0.39 is 0 Å². The van der Waals surface area contributed by atoms with Crippen molar-refractivity contribution in [1.82, 2.24) is 0 Å². The highest BCUT2D eigenvalue weighted by Gasteiger charge is 2.17. The van der Waals surface area contributed by atoms with Gasteiger partial charge < -0.3 is 4.90 Å². The molecule has 0 saturated carbocycles. The first-order chi connectivity index (χ1) is 7.33. The summed E-state index contributed by atoms with van der Waals surface area (Å²) in [4.78, 5) is 2.39. The zero-order valence-corrected chi connectivity index (χ0v) is 9.11. The molecule has 15 heavy (non-hydrogen) atoms. The number of hydrogen-bond donors (Lipinski definition) is 0. The fourth-order valence-electron chi connectivity index (χ4n) is 2.17. The maximum absolute atomic E-state index is 8.99. The van der Waals surface area contributed by atoms with Gasteiger partial charge in [-0.05, 0) is 31.4 Å². The van der Waals surface area contributed by atoms with Crippen LogP contribution < -0.4 is 4.90 Å². The number of anilines is 1. The molecule has 2 heteroatoms. The van der Waals surface area contributed by atoms with Crippen LogP contribution in [0.3, 0.4) is 0 Å². The standard InChI is InChI=1S/C13H16N2/c1-11(10-14)12-6-2-3-7-13(12)15-8-4-5-9-15/h2-3,6-7,11H,4-5,8-9H2,1H3. The molecule has 2 nitrogen and oxygen atoms in total. The van der Waals surface area contributed by atoms with Crippen molar-refractivity contribution >= 4 is 5.69 Å². The summed E-state index contributed by atoms with van der Waals surface area (Å²) >= 11 is 0. The summed E-state index contributed by atoms with van der Waals surface area (Å²) in [7, 11) is 0. The van der Waals surface area contributed by atoms with Crippen molar-refractivity contribution in [2.45, 2.75) is 25.7 Å². The van der Waals surface area contributed by atoms with E-state index in [2.05, 4.69) is 29.2 Å². The van der Waals surface area contributed by atoms with Gasteiger partial charge in [0.25, 0.3) is 0 Å². The lowest BCUT2D eigenvalue weighted by molar-refractivity contribution is 0.916. The fraction of sp³-hybridized carbons (Fsp3) is 0.462. The van der Waals surface area contributed by atoms with Crippen LogP contribution in [0.4, 0.5) is 5.69 Å². The normalized spacial score (nSPS) is 17.5. The molecule has 1 aromatic carbocycles. The van der Waals surface area contributed by atoms with Gasteiger partial charge in [-0.1, -0.05) is 18.2 Å². The molecule has 1 fully saturated rings. The SMILES string of the molecule is CC(C#N)c1ccccc1N1CCCC1. The molecular formula is C13H16N2. The first-order valence-corrected chi connectivity index (χ1v) is 5.56. The van der Waals surface area contributed by atoms with E-state index in [9.17, 15) is 0 Å². The number of hydrogen-bond acceptors (Lipinski definition) is 2. The van der Waals surface area contributed by atoms with Gasteiger partial charge in [-0.25, -0.2) is 0 Å². The number of nitrogens with zero attached hydrogens (tertiary/aromatic N) is 2. The van der Waals surface area contributed by atoms with Gasteiger partial charge in [-0.2, -0.15) is 5.26 Å². The largest absolute Gasteiger partial charge is 0.371 e. The molecule has 0 radical (unpaired) electrons. The number of para-hydroxylation sites is 1. The smallest absolute Gasteiger partial charge is 0.0704 e. The number of rotatable bonds is 2. The van der Waals surface area contributed by atoms with Crippen LogP contribution in [0.5, 0.6) is 0 Å². The van der Waals surface area contributed by atoms with Crippen LogP contribution in [0.15, 0.2) is 24.3 Å². The Morgan fingerprint density at radius 2 is 1.93 bits per heavy atom. The third-order valence-corrected chi connectivity index (χ3v) is 3.04. The van der Waals surface area contributed by atoms with E-state index in [1.807, 2.05) is 13.0 Å². The topological polar surface area (TPSA) is 27.0 Å². The Morgan fingerprint density at radius 1 is 1.27 bits per heavy atom. The van der Waals surface area contributed by atoms with Crippen LogP contribution in [-0.4, -0.2) is 13.1 Å². The Bertz CT molecular complexity index is 372. The molecule has 0 spiro atoms. The molecule has 1 aliphatic heterocycles. The summed E-state index contributed by atoms with van der Waals surface area (Å²) in [6.07, 6.45) is 2.55. The first-order valence-electron chi connectivity index (χ1n) is 5.56. The highest BCUT2D eigenvalue weighted by molar-refractivity contribution is 5.56. The number of benzene rings is 1. The van der Waals surface area contributed by atoms with Crippen molar-refractivity contribution in [2.75, 3.05) is 18.0 Å². The van der Waals surface area contributed by atoms with Crippen molar-refractivity contribution in [2.24, 2.45) is 0 Å². The molecule has 0 aromatic heterocycles. The minimum Gasteiger partial charge on any atom is -0.371 e. The Labute approximate surface area is 91.1 Å². The Balaban J connectivity index is 2.33. The van der Waals surface area contributed by atoms with Crippen LogP contribution in [0.1, 0.15) is 31.2 Å². The second-order valence-corrected chi connectivity index (χ2v) is 4.10. The minimum atomic E-state index is -0.0122. The quantitative estimate of drug-likeness (QED) is 0.734. The lowest BCUT2D eigenvalue weighted by Gasteiger charge is -2.22. The van der Waals surface area contributed by atoms with Crippen molar-refractivity contribution in [3.8, 4) is 6.07 Å². The zero-order chi connectivity index (χ0) is 10.7. The third kappa shape index (κ3) is 1.97. The van der Waals surface area contributed by atoms with Gasteiger partial charge in [0.15, 0.2) is 0 Å². The molecule has 1 atom stereocenters. The van der Waals surface area contributed by atoms with Gasteiger partial charge in [-0.15, -0.1) is 0 Å². The highest BCUT2D eigenvalue weighted by atomic mass is 15.1. The monoisotopic (exact) mass is 200 g/mol. The predicted octanol–water partition coefficient (Wildman–Crippen LogP) is 2.91. The molecule has 1 heterocycles. The molecule has 1 aliphatic rings. The molecule has 0 amide bonds. The summed E-state index contributed by atoms with van der Waals surface area (Å²) in [6.45, 7) is 4.24. The van der Waals surface area contributed by atoms with Gasteiger partial charge >= 0.3 is 0 Å². The lowest BCUT2D eigenvalue weighted by Crippen LogP contribution is -2.19. The van der Waals surface area contributed by atoms with Crippen molar-refractivity contribution in [3.05, 3.63) is 29.8 Å². The van der Waals surface area contributed by atoms with E-state index in [0.29, 0.717) is 0 Å². The third-order valence-electron chi connectivity index (χ3n) is 3.04. The van der Waals surface area contributed by atoms with Crippen LogP contribution in [-0.2, 0) is 0 Å². The maximum Gasteiger partial charge on any atom is 0.0704 e. The second-order valence-electron chi connectivity index (χ2n) is 4.10. The van der Waals surface area contributed by atoms with E-state index in [1.165, 1.54) is 24.1 Å². The van der Waals surface area contributed by atoms with E-state index in [1.54, 1.807) is 0 Å². The fourth-order valence-corrected chi connectivity index (χ4v) is 2.17. The van der Waals surface area contributed by atoms with Crippen LogP contribution >= 0.6 is 0 Å². The van der Waals surface area contributed by atoms with Gasteiger partial charge in [0.2, 0.25) is 0 Å². The van der Waals surface area contributed by atoms with Gasteiger partial charge in [0, 0.05) is 18.8 Å². The van der Waals surface area contributed by atoms with Crippen LogP contribution in [0.2, 0.25) is 0 Å². The first kappa shape index (κ1) is 10.0. The average molecular weight is 200 g/mol. The summed E-state index contributed by atoms with van der Waals surface area (Å²) in [5.41, 5.74) is 2.42. The Kier molecular flexibility index (Phi) is 2.91. The van der Waals surface area contributed by atoms with E-state index in [-0.39, 0.29) is 5.92 Å². The molecule has 78 valence electrons. The molecular weight excluding hydrogens is 184 g/mol. The molecule has 1 saturated heterocycles. The molecule has 1 aromatic rings.